The Morgan fingerprint density at radius 3 is 2.64 bits per heavy atom. The number of nitrogens with two attached hydrogens (primary N) is 1. The third-order valence-corrected chi connectivity index (χ3v) is 5.65. The maximum atomic E-state index is 12.4. The van der Waals surface area contributed by atoms with Crippen LogP contribution in [0, 0.1) is 0 Å². The summed E-state index contributed by atoms with van der Waals surface area (Å²) in [4.78, 5) is 57.5. The summed E-state index contributed by atoms with van der Waals surface area (Å²) in [6.45, 7) is 1.67. The Labute approximate surface area is 187 Å². The Balaban J connectivity index is 1.45. The number of fused-ring (bicyclic) bond motifs is 3. The molecule has 0 radical (unpaired) electrons. The number of carbonyl (C=O) groups excluding carboxylic acids is 1. The number of nitrogens with one attached hydrogen (secondary N) is 3. The maximum absolute atomic E-state index is 12.4. The molecule has 0 aliphatic carbocycles. The molecule has 13 heteroatoms. The van der Waals surface area contributed by atoms with Crippen molar-refractivity contribution in [3.05, 3.63) is 40.2 Å². The minimum absolute atomic E-state index is 0.0394. The van der Waals surface area contributed by atoms with Crippen LogP contribution in [0.15, 0.2) is 29.1 Å². The molecule has 4 rings (SSSR count). The largest absolute Gasteiger partial charge is 0.481 e. The fraction of sp³-hybridized carbons (Fsp3) is 0.350. The van der Waals surface area contributed by atoms with E-state index >= 15 is 0 Å². The molecule has 1 saturated heterocycles. The van der Waals surface area contributed by atoms with Gasteiger partial charge in [0.05, 0.1) is 12.7 Å². The third-order valence-electron chi connectivity index (χ3n) is 5.65. The van der Waals surface area contributed by atoms with Gasteiger partial charge in [0.25, 0.3) is 11.5 Å². The van der Waals surface area contributed by atoms with Gasteiger partial charge >= 0.3 is 11.9 Å². The van der Waals surface area contributed by atoms with Gasteiger partial charge in [-0.05, 0) is 30.7 Å². The van der Waals surface area contributed by atoms with Crippen LogP contribution < -0.4 is 31.7 Å². The van der Waals surface area contributed by atoms with Crippen LogP contribution in [0.25, 0.3) is 0 Å². The Morgan fingerprint density at radius 1 is 1.24 bits per heavy atom. The number of anilines is 4. The lowest BCUT2D eigenvalue weighted by Gasteiger charge is -2.31. The highest BCUT2D eigenvalue weighted by Crippen LogP contribution is 2.32. The second kappa shape index (κ2) is 8.68. The molecular weight excluding hydrogens is 434 g/mol. The Morgan fingerprint density at radius 2 is 1.97 bits per heavy atom. The van der Waals surface area contributed by atoms with Gasteiger partial charge in [0.15, 0.2) is 5.82 Å². The summed E-state index contributed by atoms with van der Waals surface area (Å²) >= 11 is 0. The zero-order chi connectivity index (χ0) is 23.7. The molecular formula is C20H23N7O6. The van der Waals surface area contributed by atoms with E-state index in [0.29, 0.717) is 31.3 Å². The number of carbonyl (C=O) groups is 3. The first kappa shape index (κ1) is 21.9. The monoisotopic (exact) mass is 457 g/mol. The zero-order valence-electron chi connectivity index (χ0n) is 17.4. The maximum Gasteiger partial charge on any atom is 0.326 e. The Kier molecular flexibility index (Phi) is 5.77. The van der Waals surface area contributed by atoms with Crippen molar-refractivity contribution in [2.45, 2.75) is 24.9 Å². The van der Waals surface area contributed by atoms with Gasteiger partial charge in [-0.2, -0.15) is 4.98 Å². The number of aromatic amines is 1. The van der Waals surface area contributed by atoms with E-state index in [1.807, 2.05) is 9.80 Å². The van der Waals surface area contributed by atoms with Gasteiger partial charge in [0.1, 0.15) is 11.7 Å². The molecule has 2 aliphatic heterocycles. The summed E-state index contributed by atoms with van der Waals surface area (Å²) in [5.74, 6) is -2.55. The molecule has 3 heterocycles. The van der Waals surface area contributed by atoms with Gasteiger partial charge < -0.3 is 36.4 Å². The summed E-state index contributed by atoms with van der Waals surface area (Å²) in [5.41, 5.74) is 6.81. The number of hydrogen-bond acceptors (Lipinski definition) is 9. The van der Waals surface area contributed by atoms with Crippen molar-refractivity contribution in [3.8, 4) is 0 Å². The number of carboxylic acids is 2. The Hall–Kier alpha value is -4.29. The van der Waals surface area contributed by atoms with Crippen molar-refractivity contribution in [1.29, 1.82) is 0 Å². The lowest BCUT2D eigenvalue weighted by Crippen LogP contribution is -2.44. The topological polar surface area (TPSA) is 194 Å². The van der Waals surface area contributed by atoms with Crippen LogP contribution in [0.1, 0.15) is 23.2 Å². The molecule has 13 nitrogen and oxygen atoms in total. The number of aliphatic carboxylic acids is 2. The van der Waals surface area contributed by atoms with Crippen LogP contribution in [0.2, 0.25) is 0 Å². The molecule has 1 fully saturated rings. The lowest BCUT2D eigenvalue weighted by molar-refractivity contribution is -0.140. The SMILES string of the molecule is Nc1nc2c(c(=O)[nH]1)N1CN(c3ccc(C(=O)NC(CCC(=O)O)C(=O)O)cc3)C[C@H]1CN2. The first-order chi connectivity index (χ1) is 15.7. The van der Waals surface area contributed by atoms with Crippen LogP contribution in [0.4, 0.5) is 23.1 Å². The summed E-state index contributed by atoms with van der Waals surface area (Å²) in [6, 6.07) is 5.35. The molecule has 1 aromatic heterocycles. The first-order valence-electron chi connectivity index (χ1n) is 10.2. The quantitative estimate of drug-likeness (QED) is 0.313. The van der Waals surface area contributed by atoms with Crippen molar-refractivity contribution >= 4 is 41.0 Å². The van der Waals surface area contributed by atoms with Crippen molar-refractivity contribution in [1.82, 2.24) is 15.3 Å². The molecule has 1 aromatic carbocycles. The van der Waals surface area contributed by atoms with Crippen LogP contribution >= 0.6 is 0 Å². The molecule has 2 aromatic rings. The number of H-pyrrole nitrogens is 1. The van der Waals surface area contributed by atoms with Crippen LogP contribution in [0.5, 0.6) is 0 Å². The van der Waals surface area contributed by atoms with E-state index in [4.69, 9.17) is 10.8 Å². The lowest BCUT2D eigenvalue weighted by atomic mass is 10.1. The average molecular weight is 457 g/mol. The zero-order valence-corrected chi connectivity index (χ0v) is 17.4. The summed E-state index contributed by atoms with van der Waals surface area (Å²) < 4.78 is 0. The van der Waals surface area contributed by atoms with Crippen LogP contribution in [-0.4, -0.2) is 69.9 Å². The number of hydrogen-bond donors (Lipinski definition) is 6. The molecule has 174 valence electrons. The normalized spacial score (nSPS) is 17.5. The van der Waals surface area contributed by atoms with Crippen LogP contribution in [-0.2, 0) is 9.59 Å². The van der Waals surface area contributed by atoms with Gasteiger partial charge in [-0.3, -0.25) is 19.4 Å². The number of nitrogens with zero attached hydrogens (tertiary/aromatic N) is 3. The van der Waals surface area contributed by atoms with Crippen molar-refractivity contribution < 1.29 is 24.6 Å². The number of amides is 1. The van der Waals surface area contributed by atoms with Crippen molar-refractivity contribution in [2.24, 2.45) is 0 Å². The van der Waals surface area contributed by atoms with Gasteiger partial charge in [0, 0.05) is 30.8 Å². The van der Waals surface area contributed by atoms with Crippen molar-refractivity contribution in [2.75, 3.05) is 40.6 Å². The molecule has 0 saturated carbocycles. The van der Waals surface area contributed by atoms with Crippen LogP contribution in [0.3, 0.4) is 0 Å². The van der Waals surface area contributed by atoms with E-state index in [2.05, 4.69) is 20.6 Å². The summed E-state index contributed by atoms with van der Waals surface area (Å²) in [6.07, 6.45) is -0.583. The van der Waals surface area contributed by atoms with E-state index in [1.165, 1.54) is 0 Å². The molecule has 0 spiro atoms. The standard InChI is InChI=1S/C20H23N7O6/c21-20-24-16-15(18(31)25-20)27-9-26(8-12(27)7-22-16)11-3-1-10(2-4-11)17(30)23-13(19(32)33)5-6-14(28)29/h1-4,12-13H,5-9H2,(H,23,30)(H,28,29)(H,32,33)(H4,21,22,24,25,31)/t12-,13?/m1/s1. The fourth-order valence-electron chi connectivity index (χ4n) is 4.00. The van der Waals surface area contributed by atoms with E-state index in [-0.39, 0.29) is 36.0 Å². The fourth-order valence-corrected chi connectivity index (χ4v) is 4.00. The molecule has 0 bridgehead atoms. The molecule has 1 amide bonds. The summed E-state index contributed by atoms with van der Waals surface area (Å²) in [7, 11) is 0. The second-order valence-corrected chi connectivity index (χ2v) is 7.86. The van der Waals surface area contributed by atoms with E-state index in [0.717, 1.165) is 5.69 Å². The molecule has 7 N–H and O–H groups in total. The predicted octanol–water partition coefficient (Wildman–Crippen LogP) is -0.522. The third kappa shape index (κ3) is 4.51. The van der Waals surface area contributed by atoms with Crippen molar-refractivity contribution in [3.63, 3.8) is 0 Å². The highest BCUT2D eigenvalue weighted by Gasteiger charge is 2.37. The smallest absolute Gasteiger partial charge is 0.326 e. The average Bonchev–Trinajstić information content (AvgIpc) is 3.20. The van der Waals surface area contributed by atoms with E-state index in [1.54, 1.807) is 24.3 Å². The summed E-state index contributed by atoms with van der Waals surface area (Å²) in [5, 5.41) is 23.4. The number of benzene rings is 1. The minimum Gasteiger partial charge on any atom is -0.481 e. The first-order valence-corrected chi connectivity index (χ1v) is 10.2. The van der Waals surface area contributed by atoms with Gasteiger partial charge in [0.2, 0.25) is 5.95 Å². The van der Waals surface area contributed by atoms with E-state index in [9.17, 15) is 24.3 Å². The number of nitrogen functional groups attached to an aromatic ring is 1. The predicted molar refractivity (Wildman–Crippen MR) is 118 cm³/mol. The number of carboxylic acid groups (broad SMARTS) is 2. The van der Waals surface area contributed by atoms with E-state index < -0.39 is 23.9 Å². The molecule has 2 atom stereocenters. The van der Waals surface area contributed by atoms with Gasteiger partial charge in [-0.15, -0.1) is 0 Å². The van der Waals surface area contributed by atoms with Gasteiger partial charge in [-0.25, -0.2) is 4.79 Å². The second-order valence-electron chi connectivity index (χ2n) is 7.86. The number of aromatic nitrogens is 2. The molecule has 33 heavy (non-hydrogen) atoms. The highest BCUT2D eigenvalue weighted by atomic mass is 16.4. The minimum atomic E-state index is -1.30. The number of rotatable bonds is 7. The molecule has 1 unspecified atom stereocenters. The molecule has 2 aliphatic rings. The van der Waals surface area contributed by atoms with Gasteiger partial charge in [-0.1, -0.05) is 0 Å². The Bertz CT molecular complexity index is 1150. The highest BCUT2D eigenvalue weighted by molar-refractivity contribution is 5.97.